The molecule has 0 aromatic heterocycles. The lowest BCUT2D eigenvalue weighted by atomic mass is 9.82. The number of hydrogen-bond acceptors (Lipinski definition) is 4. The van der Waals surface area contributed by atoms with Crippen molar-refractivity contribution in [3.63, 3.8) is 0 Å². The summed E-state index contributed by atoms with van der Waals surface area (Å²) in [7, 11) is 0. The maximum atomic E-state index is 12.2. The third kappa shape index (κ3) is 5.03. The first kappa shape index (κ1) is 21.0. The quantitative estimate of drug-likeness (QED) is 0.575. The third-order valence-corrected chi connectivity index (χ3v) is 5.88. The molecule has 1 aromatic carbocycles. The number of aliphatic hydroxyl groups excluding tert-OH is 1. The summed E-state index contributed by atoms with van der Waals surface area (Å²) in [5.41, 5.74) is 1.06. The molecular formula is C20H23BrF3NO3. The van der Waals surface area contributed by atoms with Crippen LogP contribution in [0.5, 0.6) is 5.75 Å². The molecule has 0 bridgehead atoms. The Morgan fingerprint density at radius 2 is 2.04 bits per heavy atom. The zero-order valence-electron chi connectivity index (χ0n) is 15.5. The number of alkyl halides is 3. The molecule has 4 nitrogen and oxygen atoms in total. The summed E-state index contributed by atoms with van der Waals surface area (Å²) in [5.74, 6) is 0.496. The molecule has 2 atom stereocenters. The fourth-order valence-corrected chi connectivity index (χ4v) is 4.13. The number of anilines is 1. The standard InChI is InChI=1S/C20H23BrF3NO3/c1-2-19(12-17(26)15-4-3-5-16(21)18(15)28-19)10-11-25-13-6-8-14(9-7-13)27-20(22,23)24/h4,6-9,17,25-26H,2-3,5,10-12H2,1H3. The van der Waals surface area contributed by atoms with Gasteiger partial charge in [-0.3, -0.25) is 0 Å². The highest BCUT2D eigenvalue weighted by Crippen LogP contribution is 2.44. The van der Waals surface area contributed by atoms with Crippen molar-refractivity contribution < 1.29 is 27.8 Å². The summed E-state index contributed by atoms with van der Waals surface area (Å²) < 4.78 is 47.9. The van der Waals surface area contributed by atoms with Gasteiger partial charge in [0.05, 0.1) is 6.10 Å². The smallest absolute Gasteiger partial charge is 0.486 e. The molecule has 28 heavy (non-hydrogen) atoms. The Bertz CT molecular complexity index is 761. The molecule has 1 aromatic rings. The zero-order chi connectivity index (χ0) is 20.4. The van der Waals surface area contributed by atoms with Gasteiger partial charge >= 0.3 is 6.36 Å². The van der Waals surface area contributed by atoms with Crippen molar-refractivity contribution in [2.45, 2.75) is 57.1 Å². The highest BCUT2D eigenvalue weighted by Gasteiger charge is 2.42. The Balaban J connectivity index is 1.61. The summed E-state index contributed by atoms with van der Waals surface area (Å²) in [6.45, 7) is 2.59. The number of fused-ring (bicyclic) bond motifs is 1. The number of benzene rings is 1. The second-order valence-electron chi connectivity index (χ2n) is 7.04. The van der Waals surface area contributed by atoms with Crippen LogP contribution in [0.4, 0.5) is 18.9 Å². The topological polar surface area (TPSA) is 50.7 Å². The van der Waals surface area contributed by atoms with Gasteiger partial charge in [-0.25, -0.2) is 0 Å². The molecule has 2 unspecified atom stereocenters. The Morgan fingerprint density at radius 3 is 2.68 bits per heavy atom. The fourth-order valence-electron chi connectivity index (χ4n) is 3.59. The maximum absolute atomic E-state index is 12.2. The van der Waals surface area contributed by atoms with Crippen LogP contribution in [-0.2, 0) is 4.74 Å². The number of halogens is 4. The first-order chi connectivity index (χ1) is 13.2. The Labute approximate surface area is 170 Å². The Morgan fingerprint density at radius 1 is 1.32 bits per heavy atom. The van der Waals surface area contributed by atoms with Crippen molar-refractivity contribution in [2.24, 2.45) is 0 Å². The van der Waals surface area contributed by atoms with Crippen molar-refractivity contribution in [1.29, 1.82) is 0 Å². The highest BCUT2D eigenvalue weighted by atomic mass is 79.9. The molecule has 0 amide bonds. The van der Waals surface area contributed by atoms with Crippen LogP contribution in [-0.4, -0.2) is 29.7 Å². The molecular weight excluding hydrogens is 439 g/mol. The van der Waals surface area contributed by atoms with Crippen molar-refractivity contribution in [3.05, 3.63) is 46.2 Å². The summed E-state index contributed by atoms with van der Waals surface area (Å²) in [6.07, 6.45) is 0.420. The van der Waals surface area contributed by atoms with E-state index in [0.29, 0.717) is 25.1 Å². The number of aliphatic hydroxyl groups is 1. The number of rotatable bonds is 6. The van der Waals surface area contributed by atoms with Gasteiger partial charge < -0.3 is 19.9 Å². The van der Waals surface area contributed by atoms with Crippen molar-refractivity contribution in [2.75, 3.05) is 11.9 Å². The van der Waals surface area contributed by atoms with Gasteiger partial charge in [0.1, 0.15) is 17.1 Å². The maximum Gasteiger partial charge on any atom is 0.573 e. The number of nitrogens with one attached hydrogen (secondary N) is 1. The number of allylic oxidation sites excluding steroid dienone is 2. The van der Waals surface area contributed by atoms with Crippen molar-refractivity contribution in [3.8, 4) is 5.75 Å². The molecule has 1 aliphatic carbocycles. The van der Waals surface area contributed by atoms with Crippen molar-refractivity contribution >= 4 is 21.6 Å². The van der Waals surface area contributed by atoms with Crippen LogP contribution in [0.1, 0.15) is 39.0 Å². The van der Waals surface area contributed by atoms with Crippen LogP contribution in [0.15, 0.2) is 46.2 Å². The lowest BCUT2D eigenvalue weighted by molar-refractivity contribution is -0.274. The van der Waals surface area contributed by atoms with E-state index in [-0.39, 0.29) is 5.75 Å². The van der Waals surface area contributed by atoms with E-state index >= 15 is 0 Å². The molecule has 154 valence electrons. The van der Waals surface area contributed by atoms with E-state index in [9.17, 15) is 18.3 Å². The summed E-state index contributed by atoms with van der Waals surface area (Å²) in [4.78, 5) is 0. The molecule has 0 radical (unpaired) electrons. The van der Waals surface area contributed by atoms with Crippen LogP contribution in [0.2, 0.25) is 0 Å². The average Bonchev–Trinajstić information content (AvgIpc) is 2.63. The molecule has 1 aliphatic heterocycles. The van der Waals surface area contributed by atoms with Gasteiger partial charge in [0.25, 0.3) is 0 Å². The molecule has 8 heteroatoms. The molecule has 2 N–H and O–H groups in total. The van der Waals surface area contributed by atoms with Gasteiger partial charge in [-0.2, -0.15) is 0 Å². The van der Waals surface area contributed by atoms with Gasteiger partial charge in [0.15, 0.2) is 0 Å². The number of ether oxygens (including phenoxy) is 2. The summed E-state index contributed by atoms with van der Waals surface area (Å²) >= 11 is 3.57. The third-order valence-electron chi connectivity index (χ3n) is 5.12. The second-order valence-corrected chi connectivity index (χ2v) is 8.00. The van der Waals surface area contributed by atoms with Gasteiger partial charge in [0, 0.05) is 35.1 Å². The van der Waals surface area contributed by atoms with E-state index in [1.54, 1.807) is 0 Å². The lowest BCUT2D eigenvalue weighted by Gasteiger charge is -2.43. The molecule has 1 fully saturated rings. The minimum absolute atomic E-state index is 0.254. The Kier molecular flexibility index (Phi) is 6.29. The molecule has 1 heterocycles. The predicted octanol–water partition coefficient (Wildman–Crippen LogP) is 5.64. The van der Waals surface area contributed by atoms with E-state index in [4.69, 9.17) is 4.74 Å². The van der Waals surface area contributed by atoms with Crippen molar-refractivity contribution in [1.82, 2.24) is 0 Å². The van der Waals surface area contributed by atoms with Crippen LogP contribution in [0.25, 0.3) is 0 Å². The van der Waals surface area contributed by atoms with E-state index in [1.165, 1.54) is 24.3 Å². The minimum atomic E-state index is -4.70. The molecule has 0 saturated carbocycles. The molecule has 3 rings (SSSR count). The number of hydrogen-bond donors (Lipinski definition) is 2. The minimum Gasteiger partial charge on any atom is -0.486 e. The van der Waals surface area contributed by atoms with Gasteiger partial charge in [-0.15, -0.1) is 13.2 Å². The van der Waals surface area contributed by atoms with E-state index in [2.05, 4.69) is 26.0 Å². The lowest BCUT2D eigenvalue weighted by Crippen LogP contribution is -2.43. The first-order valence-corrected chi connectivity index (χ1v) is 10.1. The highest BCUT2D eigenvalue weighted by molar-refractivity contribution is 9.11. The second kappa shape index (κ2) is 8.37. The zero-order valence-corrected chi connectivity index (χ0v) is 17.1. The molecule has 0 spiro atoms. The van der Waals surface area contributed by atoms with Gasteiger partial charge in [0.2, 0.25) is 0 Å². The van der Waals surface area contributed by atoms with E-state index in [1.807, 2.05) is 13.0 Å². The summed E-state index contributed by atoms with van der Waals surface area (Å²) in [5, 5.41) is 13.8. The predicted molar refractivity (Wildman–Crippen MR) is 104 cm³/mol. The first-order valence-electron chi connectivity index (χ1n) is 9.27. The van der Waals surface area contributed by atoms with E-state index < -0.39 is 18.1 Å². The average molecular weight is 462 g/mol. The van der Waals surface area contributed by atoms with Crippen LogP contribution in [0, 0.1) is 0 Å². The van der Waals surface area contributed by atoms with Gasteiger partial charge in [-0.05, 0) is 43.5 Å². The Hall–Kier alpha value is -1.67. The SMILES string of the molecule is CCC1(CCNc2ccc(OC(F)(F)F)cc2)CC(O)C2=CCCC(Br)=C2O1. The molecule has 2 aliphatic rings. The van der Waals surface area contributed by atoms with Crippen LogP contribution < -0.4 is 10.1 Å². The van der Waals surface area contributed by atoms with Crippen LogP contribution >= 0.6 is 15.9 Å². The normalized spacial score (nSPS) is 24.9. The summed E-state index contributed by atoms with van der Waals surface area (Å²) in [6, 6.07) is 5.62. The van der Waals surface area contributed by atoms with Gasteiger partial charge in [-0.1, -0.05) is 28.9 Å². The fraction of sp³-hybridized carbons (Fsp3) is 0.500. The monoisotopic (exact) mass is 461 g/mol. The van der Waals surface area contributed by atoms with Crippen LogP contribution in [0.3, 0.4) is 0 Å². The van der Waals surface area contributed by atoms with E-state index in [0.717, 1.165) is 35.1 Å². The largest absolute Gasteiger partial charge is 0.573 e. The molecule has 1 saturated heterocycles.